The largest absolute Gasteiger partial charge is 0.377 e. The van der Waals surface area contributed by atoms with E-state index in [1.54, 1.807) is 0 Å². The average Bonchev–Trinajstić information content (AvgIpc) is 3.70. The zero-order valence-electron chi connectivity index (χ0n) is 28.4. The van der Waals surface area contributed by atoms with Gasteiger partial charge in [-0.3, -0.25) is 0 Å². The quantitative estimate of drug-likeness (QED) is 0.133. The molecule has 51 heavy (non-hydrogen) atoms. The first-order chi connectivity index (χ1) is 25.2. The van der Waals surface area contributed by atoms with Crippen LogP contribution in [0, 0.1) is 0 Å². The lowest BCUT2D eigenvalue weighted by molar-refractivity contribution is 1.17. The maximum Gasteiger partial charge on any atom is 0.328 e. The Morgan fingerprint density at radius 1 is 0.510 bits per heavy atom. The molecule has 2 aromatic heterocycles. The molecule has 1 aliphatic rings. The molecule has 9 aromatic rings. The van der Waals surface area contributed by atoms with Crippen LogP contribution in [0.3, 0.4) is 0 Å². The summed E-state index contributed by atoms with van der Waals surface area (Å²) in [7, 11) is 0. The number of hydrogen-bond acceptors (Lipinski definition) is 1. The Kier molecular flexibility index (Phi) is 6.65. The third-order valence-electron chi connectivity index (χ3n) is 10.7. The van der Waals surface area contributed by atoms with Gasteiger partial charge in [0, 0.05) is 49.9 Å². The Balaban J connectivity index is 1.39. The highest BCUT2D eigenvalue weighted by atomic mass is 15.1. The van der Waals surface area contributed by atoms with E-state index < -0.39 is 0 Å². The minimum atomic E-state index is -0.0758. The van der Waals surface area contributed by atoms with Crippen molar-refractivity contribution in [3.63, 3.8) is 0 Å². The van der Waals surface area contributed by atoms with Crippen LogP contribution in [0.15, 0.2) is 188 Å². The van der Waals surface area contributed by atoms with E-state index in [0.29, 0.717) is 0 Å². The smallest absolute Gasteiger partial charge is 0.328 e. The zero-order chi connectivity index (χ0) is 34.1. The molecule has 0 spiro atoms. The number of fused-ring (bicyclic) bond motifs is 9. The number of allylic oxidation sites excluding steroid dienone is 2. The molecule has 0 N–H and O–H groups in total. The van der Waals surface area contributed by atoms with E-state index in [9.17, 15) is 0 Å². The van der Waals surface area contributed by atoms with Crippen LogP contribution >= 0.6 is 0 Å². The molecule has 0 aliphatic carbocycles. The highest BCUT2D eigenvalue weighted by molar-refractivity contribution is 6.90. The van der Waals surface area contributed by atoms with Gasteiger partial charge in [-0.15, -0.1) is 0 Å². The summed E-state index contributed by atoms with van der Waals surface area (Å²) in [5, 5.41) is 4.98. The highest BCUT2D eigenvalue weighted by Crippen LogP contribution is 2.45. The lowest BCUT2D eigenvalue weighted by Crippen LogP contribution is -2.58. The highest BCUT2D eigenvalue weighted by Gasteiger charge is 2.39. The van der Waals surface area contributed by atoms with Crippen LogP contribution in [0.2, 0.25) is 0 Å². The van der Waals surface area contributed by atoms with Crippen molar-refractivity contribution in [1.29, 1.82) is 0 Å². The molecule has 1 aliphatic heterocycles. The van der Waals surface area contributed by atoms with Gasteiger partial charge in [-0.25, -0.2) is 0 Å². The van der Waals surface area contributed by atoms with Crippen molar-refractivity contribution in [2.24, 2.45) is 0 Å². The van der Waals surface area contributed by atoms with Crippen LogP contribution in [0.1, 0.15) is 6.92 Å². The number of hydrogen-bond donors (Lipinski definition) is 0. The first-order valence-electron chi connectivity index (χ1n) is 17.6. The molecule has 240 valence electrons. The van der Waals surface area contributed by atoms with Crippen molar-refractivity contribution in [3.05, 3.63) is 188 Å². The summed E-state index contributed by atoms with van der Waals surface area (Å²) in [5.74, 6) is 0. The first kappa shape index (κ1) is 29.4. The van der Waals surface area contributed by atoms with E-state index in [0.717, 1.165) is 17.1 Å². The van der Waals surface area contributed by atoms with Gasteiger partial charge in [-0.05, 0) is 78.6 Å². The van der Waals surface area contributed by atoms with Crippen molar-refractivity contribution < 1.29 is 0 Å². The van der Waals surface area contributed by atoms with Gasteiger partial charge < -0.3 is 13.9 Å². The van der Waals surface area contributed by atoms with Gasteiger partial charge in [0.25, 0.3) is 0 Å². The summed E-state index contributed by atoms with van der Waals surface area (Å²) in [6.45, 7) is 6.38. The van der Waals surface area contributed by atoms with Gasteiger partial charge in [0.2, 0.25) is 0 Å². The number of rotatable bonds is 5. The van der Waals surface area contributed by atoms with Gasteiger partial charge in [-0.2, -0.15) is 0 Å². The first-order valence-corrected chi connectivity index (χ1v) is 17.6. The normalized spacial score (nSPS) is 12.9. The second kappa shape index (κ2) is 11.5. The monoisotopic (exact) mass is 651 g/mol. The number of benzene rings is 7. The second-order valence-electron chi connectivity index (χ2n) is 13.3. The van der Waals surface area contributed by atoms with E-state index in [1.165, 1.54) is 71.4 Å². The Bertz CT molecular complexity index is 2830. The molecule has 0 atom stereocenters. The standard InChI is InChI=1S/C47H34BN3/c1-3-33(4-2)51-47-31-46-39(36-24-14-16-26-43(36)50(46)35-22-12-7-13-23-35)28-40(47)38-30-45-41(29-42(38)48(51)32-18-8-5-9-19-32)37-25-15-17-27-44(37)49(45)34-20-10-6-11-21-34/h3-31H,1H2,2H3/b33-4+. The third kappa shape index (κ3) is 4.33. The van der Waals surface area contributed by atoms with Gasteiger partial charge in [-0.1, -0.05) is 127 Å². The Hall–Kier alpha value is -6.52. The topological polar surface area (TPSA) is 13.1 Å². The summed E-state index contributed by atoms with van der Waals surface area (Å²) in [6.07, 6.45) is 4.19. The van der Waals surface area contributed by atoms with Gasteiger partial charge >= 0.3 is 6.85 Å². The molecule has 0 amide bonds. The maximum absolute atomic E-state index is 4.34. The molecule has 0 fully saturated rings. The summed E-state index contributed by atoms with van der Waals surface area (Å²) < 4.78 is 4.84. The van der Waals surface area contributed by atoms with Crippen LogP contribution in [0.25, 0.3) is 66.1 Å². The second-order valence-corrected chi connectivity index (χ2v) is 13.3. The van der Waals surface area contributed by atoms with Crippen LogP contribution in [-0.4, -0.2) is 16.0 Å². The number of para-hydroxylation sites is 4. The van der Waals surface area contributed by atoms with Crippen molar-refractivity contribution in [3.8, 4) is 22.5 Å². The predicted octanol–water partition coefficient (Wildman–Crippen LogP) is 10.6. The molecule has 0 unspecified atom stereocenters. The van der Waals surface area contributed by atoms with Crippen molar-refractivity contribution in [2.75, 3.05) is 4.81 Å². The van der Waals surface area contributed by atoms with Crippen molar-refractivity contribution in [1.82, 2.24) is 9.13 Å². The Labute approximate surface area is 297 Å². The molecule has 0 bridgehead atoms. The Morgan fingerprint density at radius 2 is 1.02 bits per heavy atom. The number of anilines is 1. The predicted molar refractivity (Wildman–Crippen MR) is 218 cm³/mol. The number of nitrogens with zero attached hydrogens (tertiary/aromatic N) is 3. The minimum absolute atomic E-state index is 0.0758. The van der Waals surface area contributed by atoms with E-state index >= 15 is 0 Å². The lowest BCUT2D eigenvalue weighted by Gasteiger charge is -2.39. The fraction of sp³-hybridized carbons (Fsp3) is 0.0213. The van der Waals surface area contributed by atoms with Gasteiger partial charge in [0.15, 0.2) is 0 Å². The van der Waals surface area contributed by atoms with Gasteiger partial charge in [0.1, 0.15) is 0 Å². The fourth-order valence-corrected chi connectivity index (χ4v) is 8.51. The van der Waals surface area contributed by atoms with Crippen molar-refractivity contribution >= 4 is 67.1 Å². The van der Waals surface area contributed by atoms with Crippen LogP contribution in [0.4, 0.5) is 5.69 Å². The lowest BCUT2D eigenvalue weighted by atomic mass is 9.45. The summed E-state index contributed by atoms with van der Waals surface area (Å²) in [4.78, 5) is 2.51. The summed E-state index contributed by atoms with van der Waals surface area (Å²) in [5.41, 5.74) is 14.3. The SMILES string of the molecule is C=C/C(=C\C)N1B(c2ccccc2)c2cc3c4ccccc4n(-c4ccccc4)c3cc2-c2cc3c4ccccc4n(-c4ccccc4)c3cc21. The van der Waals surface area contributed by atoms with Gasteiger partial charge in [0.05, 0.1) is 22.1 Å². The maximum atomic E-state index is 4.34. The molecule has 3 heterocycles. The van der Waals surface area contributed by atoms with E-state index in [-0.39, 0.29) is 6.85 Å². The zero-order valence-corrected chi connectivity index (χ0v) is 28.4. The molecular formula is C47H34BN3. The van der Waals surface area contributed by atoms with E-state index in [1.807, 2.05) is 6.08 Å². The summed E-state index contributed by atoms with van der Waals surface area (Å²) >= 11 is 0. The molecule has 0 saturated heterocycles. The Morgan fingerprint density at radius 3 is 1.59 bits per heavy atom. The molecule has 3 nitrogen and oxygen atoms in total. The molecule has 10 rings (SSSR count). The van der Waals surface area contributed by atoms with Crippen LogP contribution < -0.4 is 15.7 Å². The molecule has 0 saturated carbocycles. The fourth-order valence-electron chi connectivity index (χ4n) is 8.51. The minimum Gasteiger partial charge on any atom is -0.377 e. The van der Waals surface area contributed by atoms with E-state index in [4.69, 9.17) is 0 Å². The molecule has 4 heteroatoms. The molecular weight excluding hydrogens is 617 g/mol. The summed E-state index contributed by atoms with van der Waals surface area (Å²) in [6, 6.07) is 59.8. The van der Waals surface area contributed by atoms with Crippen LogP contribution in [0.5, 0.6) is 0 Å². The average molecular weight is 652 g/mol. The van der Waals surface area contributed by atoms with Crippen LogP contribution in [-0.2, 0) is 0 Å². The molecule has 0 radical (unpaired) electrons. The number of aromatic nitrogens is 2. The third-order valence-corrected chi connectivity index (χ3v) is 10.7. The molecule has 7 aromatic carbocycles. The van der Waals surface area contributed by atoms with Crippen molar-refractivity contribution in [2.45, 2.75) is 6.92 Å². The van der Waals surface area contributed by atoms with E-state index in [2.05, 4.69) is 197 Å².